The Morgan fingerprint density at radius 2 is 1.98 bits per heavy atom. The molecule has 0 saturated heterocycles. The molecule has 0 amide bonds. The van der Waals surface area contributed by atoms with Gasteiger partial charge in [-0.2, -0.15) is 5.10 Å². The minimum atomic E-state index is -3.91. The standard InChI is InChI=1S/C30H40BFN2O8S/c1-7-28(4)13-20(29(5)16(2)10-11-30(17(3)26(28)36)14-22(32)23(35)25(29)30)24(27(37)38)42-19-9-8-18-15-33-34(43(6,40)41)31(39)21(18)12-19/h7-9,12,15-17,20,22,24-26,36,39H,1,10-11,13-14H2,2-6H3,(H,37,38)/t16-,17+,20+,22+,24?,25+,26+,28-,29-,30+/m1/s1. The lowest BCUT2D eigenvalue weighted by atomic mass is 9.41. The van der Waals surface area contributed by atoms with Crippen LogP contribution in [-0.2, 0) is 19.6 Å². The molecule has 1 aromatic rings. The number of hydrazone groups is 1. The molecule has 1 aromatic carbocycles. The van der Waals surface area contributed by atoms with Crippen molar-refractivity contribution in [3.8, 4) is 5.75 Å². The van der Waals surface area contributed by atoms with Crippen LogP contribution in [-0.4, -0.2) is 77.6 Å². The highest BCUT2D eigenvalue weighted by molar-refractivity contribution is 7.89. The number of Topliss-reactive ketones (excluding diaryl/α,β-unsaturated/α-hetero) is 1. The summed E-state index contributed by atoms with van der Waals surface area (Å²) in [6.45, 7) is 11.5. The van der Waals surface area contributed by atoms with E-state index >= 15 is 4.39 Å². The molecule has 3 fully saturated rings. The van der Waals surface area contributed by atoms with E-state index in [0.717, 1.165) is 6.26 Å². The summed E-state index contributed by atoms with van der Waals surface area (Å²) in [6, 6.07) is 4.42. The zero-order chi connectivity index (χ0) is 31.9. The number of fused-ring (bicyclic) bond motifs is 1. The van der Waals surface area contributed by atoms with E-state index in [1.165, 1.54) is 24.4 Å². The number of carboxylic acid groups (broad SMARTS) is 1. The Balaban J connectivity index is 1.64. The van der Waals surface area contributed by atoms with Gasteiger partial charge < -0.3 is 20.0 Å². The molecular weight excluding hydrogens is 578 g/mol. The first kappa shape index (κ1) is 31.7. The first-order chi connectivity index (χ1) is 19.9. The van der Waals surface area contributed by atoms with Crippen molar-refractivity contribution in [2.75, 3.05) is 6.26 Å². The molecule has 1 unspecified atom stereocenters. The van der Waals surface area contributed by atoms with Crippen LogP contribution >= 0.6 is 0 Å². The van der Waals surface area contributed by atoms with Gasteiger partial charge in [0.2, 0.25) is 10.0 Å². The van der Waals surface area contributed by atoms with E-state index in [9.17, 15) is 33.2 Å². The highest BCUT2D eigenvalue weighted by Crippen LogP contribution is 2.69. The second kappa shape index (κ2) is 10.4. The Hall–Kier alpha value is -2.77. The Morgan fingerprint density at radius 1 is 1.30 bits per heavy atom. The number of hydrogen-bond acceptors (Lipinski definition) is 8. The van der Waals surface area contributed by atoms with Crippen LogP contribution in [0.25, 0.3) is 0 Å². The van der Waals surface area contributed by atoms with Crippen LogP contribution in [0.4, 0.5) is 4.39 Å². The number of alkyl halides is 1. The third-order valence-electron chi connectivity index (χ3n) is 11.5. The molecule has 0 aromatic heterocycles. The van der Waals surface area contributed by atoms with Gasteiger partial charge in [-0.1, -0.05) is 39.8 Å². The number of rotatable bonds is 6. The number of halogens is 1. The van der Waals surface area contributed by atoms with Gasteiger partial charge in [-0.3, -0.25) is 4.79 Å². The van der Waals surface area contributed by atoms with E-state index in [0.29, 0.717) is 22.7 Å². The predicted octanol–water partition coefficient (Wildman–Crippen LogP) is 2.37. The summed E-state index contributed by atoms with van der Waals surface area (Å²) < 4.78 is 46.5. The third kappa shape index (κ3) is 4.64. The van der Waals surface area contributed by atoms with E-state index in [4.69, 9.17) is 4.74 Å². The number of ether oxygens (including phenoxy) is 1. The maximum absolute atomic E-state index is 15.5. The number of carbonyl (C=O) groups is 2. The van der Waals surface area contributed by atoms with E-state index in [1.54, 1.807) is 6.08 Å². The lowest BCUT2D eigenvalue weighted by molar-refractivity contribution is -0.193. The van der Waals surface area contributed by atoms with Gasteiger partial charge in [-0.15, -0.1) is 6.58 Å². The molecule has 234 valence electrons. The van der Waals surface area contributed by atoms with Crippen molar-refractivity contribution < 1.29 is 42.4 Å². The molecule has 3 saturated carbocycles. The molecule has 13 heteroatoms. The fourth-order valence-corrected chi connectivity index (χ4v) is 9.54. The zero-order valence-electron chi connectivity index (χ0n) is 25.1. The summed E-state index contributed by atoms with van der Waals surface area (Å²) in [4.78, 5) is 26.8. The fourth-order valence-electron chi connectivity index (χ4n) is 8.85. The number of carbonyl (C=O) groups excluding carboxylic acids is 1. The van der Waals surface area contributed by atoms with Crippen LogP contribution in [0.5, 0.6) is 5.75 Å². The van der Waals surface area contributed by atoms with Crippen molar-refractivity contribution in [3.05, 3.63) is 36.4 Å². The van der Waals surface area contributed by atoms with E-state index in [1.807, 2.05) is 27.7 Å². The smallest absolute Gasteiger partial charge is 0.478 e. The lowest BCUT2D eigenvalue weighted by Crippen LogP contribution is -2.63. The van der Waals surface area contributed by atoms with Crippen molar-refractivity contribution in [1.29, 1.82) is 0 Å². The number of aliphatic hydroxyl groups is 1. The van der Waals surface area contributed by atoms with Crippen LogP contribution in [0.15, 0.2) is 36.0 Å². The van der Waals surface area contributed by atoms with Crippen molar-refractivity contribution in [3.63, 3.8) is 0 Å². The molecule has 3 aliphatic carbocycles. The summed E-state index contributed by atoms with van der Waals surface area (Å²) in [7, 11) is -5.56. The first-order valence-electron chi connectivity index (χ1n) is 14.7. The minimum Gasteiger partial charge on any atom is -0.478 e. The van der Waals surface area contributed by atoms with Crippen LogP contribution in [0.2, 0.25) is 0 Å². The molecule has 1 heterocycles. The predicted molar refractivity (Wildman–Crippen MR) is 159 cm³/mol. The Kier molecular flexibility index (Phi) is 7.66. The van der Waals surface area contributed by atoms with Crippen LogP contribution < -0.4 is 10.2 Å². The first-order valence-corrected chi connectivity index (χ1v) is 16.5. The van der Waals surface area contributed by atoms with Gasteiger partial charge in [0.15, 0.2) is 18.1 Å². The maximum Gasteiger partial charge on any atom is 0.484 e. The maximum atomic E-state index is 15.5. The van der Waals surface area contributed by atoms with Crippen LogP contribution in [0, 0.1) is 39.9 Å². The van der Waals surface area contributed by atoms with Gasteiger partial charge in [0.25, 0.3) is 0 Å². The lowest BCUT2D eigenvalue weighted by Gasteiger charge is -2.62. The summed E-state index contributed by atoms with van der Waals surface area (Å²) >= 11 is 0. The number of hydrogen-bond donors (Lipinski definition) is 3. The van der Waals surface area contributed by atoms with E-state index < -0.39 is 81.2 Å². The second-order valence-corrected chi connectivity index (χ2v) is 15.5. The van der Waals surface area contributed by atoms with Gasteiger partial charge in [0.1, 0.15) is 5.75 Å². The van der Waals surface area contributed by atoms with Gasteiger partial charge in [0, 0.05) is 17.3 Å². The van der Waals surface area contributed by atoms with Crippen LogP contribution in [0.1, 0.15) is 58.9 Å². The van der Waals surface area contributed by atoms with Gasteiger partial charge >= 0.3 is 13.0 Å². The number of ketones is 1. The van der Waals surface area contributed by atoms with E-state index in [2.05, 4.69) is 11.7 Å². The average molecular weight is 619 g/mol. The molecule has 1 aliphatic heterocycles. The molecule has 0 radical (unpaired) electrons. The number of carboxylic acids is 1. The van der Waals surface area contributed by atoms with Crippen molar-refractivity contribution >= 4 is 40.5 Å². The van der Waals surface area contributed by atoms with Crippen molar-refractivity contribution in [2.24, 2.45) is 45.0 Å². The highest BCUT2D eigenvalue weighted by atomic mass is 32.2. The summed E-state index contributed by atoms with van der Waals surface area (Å²) in [5, 5.41) is 37.0. The molecule has 10 nitrogen and oxygen atoms in total. The largest absolute Gasteiger partial charge is 0.484 e. The number of sulfonamides is 1. The third-order valence-corrected chi connectivity index (χ3v) is 12.5. The van der Waals surface area contributed by atoms with Crippen molar-refractivity contribution in [1.82, 2.24) is 4.33 Å². The number of aliphatic carboxylic acids is 1. The number of nitrogens with zero attached hydrogens (tertiary/aromatic N) is 2. The molecule has 3 N–H and O–H groups in total. The normalized spacial score (nSPS) is 39.8. The molecule has 10 atom stereocenters. The molecule has 4 aliphatic rings. The van der Waals surface area contributed by atoms with Gasteiger partial charge in [0.05, 0.1) is 18.6 Å². The van der Waals surface area contributed by atoms with E-state index in [-0.39, 0.29) is 30.0 Å². The molecule has 43 heavy (non-hydrogen) atoms. The molecule has 2 bridgehead atoms. The SMILES string of the molecule is C=C[C@]1(C)C[C@@H](C(Oc2ccc3c(c2)B(O)N(S(C)(=O)=O)N=C3)C(=O)O)[C@@]2(C)[C@H](C)CC[C@]3(C[C@H](F)C(=O)[C@H]32)[C@@H](C)[C@@H]1O. The second-order valence-electron chi connectivity index (χ2n) is 13.6. The average Bonchev–Trinajstić information content (AvgIpc) is 3.21. The monoisotopic (exact) mass is 618 g/mol. The molecule has 0 spiro atoms. The highest BCUT2D eigenvalue weighted by Gasteiger charge is 2.71. The number of benzene rings is 1. The van der Waals surface area contributed by atoms with Gasteiger partial charge in [-0.05, 0) is 71.5 Å². The van der Waals surface area contributed by atoms with Crippen molar-refractivity contribution in [2.45, 2.75) is 71.8 Å². The summed E-state index contributed by atoms with van der Waals surface area (Å²) in [6.07, 6.45) is 0.809. The zero-order valence-corrected chi connectivity index (χ0v) is 25.9. The minimum absolute atomic E-state index is 0.0172. The Labute approximate surface area is 252 Å². The van der Waals surface area contributed by atoms with Gasteiger partial charge in [-0.25, -0.2) is 21.9 Å². The fraction of sp³-hybridized carbons (Fsp3) is 0.633. The molecule has 5 rings (SSSR count). The molecular formula is C30H40BFN2O8S. The quantitative estimate of drug-likeness (QED) is 0.325. The van der Waals surface area contributed by atoms with Crippen LogP contribution in [0.3, 0.4) is 0 Å². The Bertz CT molecular complexity index is 1490. The summed E-state index contributed by atoms with van der Waals surface area (Å²) in [5.41, 5.74) is -2.26. The topological polar surface area (TPSA) is 154 Å². The Morgan fingerprint density at radius 3 is 2.58 bits per heavy atom. The number of aliphatic hydroxyl groups excluding tert-OH is 1. The summed E-state index contributed by atoms with van der Waals surface area (Å²) in [5.74, 6) is -4.08.